The Labute approximate surface area is 311 Å². The lowest BCUT2D eigenvalue weighted by molar-refractivity contribution is 0.591. The van der Waals surface area contributed by atoms with Gasteiger partial charge in [-0.1, -0.05) is 127 Å². The molecule has 0 fully saturated rings. The number of furan rings is 2. The van der Waals surface area contributed by atoms with Crippen molar-refractivity contribution in [1.29, 1.82) is 0 Å². The van der Waals surface area contributed by atoms with Crippen molar-refractivity contribution in [2.45, 2.75) is 24.7 Å². The second-order valence-electron chi connectivity index (χ2n) is 14.3. The van der Waals surface area contributed by atoms with Crippen molar-refractivity contribution in [2.24, 2.45) is 0 Å². The molecule has 2 aliphatic carbocycles. The van der Waals surface area contributed by atoms with Crippen LogP contribution in [0.4, 0.5) is 0 Å². The second-order valence-corrected chi connectivity index (χ2v) is 14.3. The number of rotatable bonds is 5. The molecule has 6 aromatic carbocycles. The van der Waals surface area contributed by atoms with Gasteiger partial charge in [0.05, 0.1) is 0 Å². The van der Waals surface area contributed by atoms with Crippen LogP contribution >= 0.6 is 0 Å². The van der Waals surface area contributed by atoms with Gasteiger partial charge < -0.3 is 8.83 Å². The topological polar surface area (TPSA) is 65.0 Å². The molecule has 0 saturated carbocycles. The highest BCUT2D eigenvalue weighted by molar-refractivity contribution is 6.12. The van der Waals surface area contributed by atoms with Crippen LogP contribution in [0.1, 0.15) is 46.5 Å². The van der Waals surface area contributed by atoms with Crippen molar-refractivity contribution >= 4 is 55.3 Å². The zero-order valence-corrected chi connectivity index (χ0v) is 29.3. The fraction of sp³-hybridized carbons (Fsp3) is 0.0816. The first kappa shape index (κ1) is 30.7. The van der Waals surface area contributed by atoms with E-state index in [2.05, 4.69) is 140 Å². The van der Waals surface area contributed by atoms with Crippen molar-refractivity contribution < 1.29 is 8.83 Å². The van der Waals surface area contributed by atoms with E-state index in [0.29, 0.717) is 23.4 Å². The summed E-state index contributed by atoms with van der Waals surface area (Å²) in [6, 6.07) is 46.5. The molecule has 2 unspecified atom stereocenters. The molecule has 3 aromatic heterocycles. The highest BCUT2D eigenvalue weighted by atomic mass is 16.3. The SMILES string of the molecule is C1=CC(c2ccccc2)CC=C1c1nc(-c2ccc3ccccc3c2)nc(-c2cc(C3C=Cc4oc5ccccc5c4C3)cc3oc4ccccc4c23)n1. The molecule has 0 aliphatic heterocycles. The molecule has 0 bridgehead atoms. The van der Waals surface area contributed by atoms with Gasteiger partial charge in [-0.3, -0.25) is 0 Å². The molecule has 256 valence electrons. The Hall–Kier alpha value is -6.85. The minimum absolute atomic E-state index is 0.107. The van der Waals surface area contributed by atoms with Crippen LogP contribution in [0, 0.1) is 0 Å². The van der Waals surface area contributed by atoms with Gasteiger partial charge in [0, 0.05) is 50.3 Å². The second kappa shape index (κ2) is 12.4. The lowest BCUT2D eigenvalue weighted by Gasteiger charge is -2.19. The van der Waals surface area contributed by atoms with E-state index in [4.69, 9.17) is 23.8 Å². The van der Waals surface area contributed by atoms with Crippen molar-refractivity contribution in [1.82, 2.24) is 15.0 Å². The Morgan fingerprint density at radius 2 is 1.24 bits per heavy atom. The summed E-state index contributed by atoms with van der Waals surface area (Å²) in [5, 5.41) is 5.52. The normalized spacial score (nSPS) is 16.7. The van der Waals surface area contributed by atoms with Crippen LogP contribution in [0.5, 0.6) is 0 Å². The number of fused-ring (bicyclic) bond motifs is 7. The van der Waals surface area contributed by atoms with E-state index in [1.54, 1.807) is 0 Å². The number of para-hydroxylation sites is 2. The van der Waals surface area contributed by atoms with Gasteiger partial charge in [0.25, 0.3) is 0 Å². The quantitative estimate of drug-likeness (QED) is 0.179. The first-order valence-corrected chi connectivity index (χ1v) is 18.5. The van der Waals surface area contributed by atoms with Gasteiger partial charge >= 0.3 is 0 Å². The first-order valence-electron chi connectivity index (χ1n) is 18.5. The molecule has 5 heteroatoms. The number of hydrogen-bond acceptors (Lipinski definition) is 5. The van der Waals surface area contributed by atoms with E-state index in [9.17, 15) is 0 Å². The molecule has 9 aromatic rings. The molecule has 3 heterocycles. The Balaban J connectivity index is 1.09. The third-order valence-electron chi connectivity index (χ3n) is 11.0. The molecule has 11 rings (SSSR count). The summed E-state index contributed by atoms with van der Waals surface area (Å²) in [6.45, 7) is 0. The van der Waals surface area contributed by atoms with Crippen LogP contribution in [0.15, 0.2) is 167 Å². The van der Waals surface area contributed by atoms with Gasteiger partial charge in [0.2, 0.25) is 0 Å². The molecule has 0 saturated heterocycles. The number of aromatic nitrogens is 3. The molecule has 0 N–H and O–H groups in total. The zero-order chi connectivity index (χ0) is 35.6. The summed E-state index contributed by atoms with van der Waals surface area (Å²) in [4.78, 5) is 15.7. The van der Waals surface area contributed by atoms with E-state index in [-0.39, 0.29) is 5.92 Å². The fourth-order valence-corrected chi connectivity index (χ4v) is 8.27. The first-order chi connectivity index (χ1) is 26.7. The summed E-state index contributed by atoms with van der Waals surface area (Å²) in [5.74, 6) is 3.26. The molecule has 0 amide bonds. The van der Waals surface area contributed by atoms with Crippen LogP contribution < -0.4 is 0 Å². The summed E-state index contributed by atoms with van der Waals surface area (Å²) < 4.78 is 12.8. The number of hydrogen-bond donors (Lipinski definition) is 0. The Kier molecular flexibility index (Phi) is 7.05. The molecular weight excluding hydrogens is 663 g/mol. The van der Waals surface area contributed by atoms with Gasteiger partial charge in [-0.25, -0.2) is 15.0 Å². The van der Waals surface area contributed by atoms with Crippen molar-refractivity contribution in [2.75, 3.05) is 0 Å². The van der Waals surface area contributed by atoms with E-state index in [1.165, 1.54) is 16.5 Å². The Bertz CT molecular complexity index is 3020. The van der Waals surface area contributed by atoms with Gasteiger partial charge in [-0.2, -0.15) is 0 Å². The van der Waals surface area contributed by atoms with E-state index >= 15 is 0 Å². The number of allylic oxidation sites excluding steroid dienone is 5. The minimum atomic E-state index is 0.107. The van der Waals surface area contributed by atoms with Crippen LogP contribution in [0.25, 0.3) is 78.1 Å². The summed E-state index contributed by atoms with van der Waals surface area (Å²) >= 11 is 0. The van der Waals surface area contributed by atoms with Crippen molar-refractivity contribution in [3.05, 3.63) is 186 Å². The molecule has 0 spiro atoms. The van der Waals surface area contributed by atoms with Gasteiger partial charge in [0.15, 0.2) is 17.5 Å². The smallest absolute Gasteiger partial charge is 0.164 e. The minimum Gasteiger partial charge on any atom is -0.456 e. The van der Waals surface area contributed by atoms with Gasteiger partial charge in [-0.05, 0) is 71.1 Å². The molecule has 0 radical (unpaired) electrons. The van der Waals surface area contributed by atoms with Gasteiger partial charge in [0.1, 0.15) is 22.5 Å². The summed E-state index contributed by atoms with van der Waals surface area (Å²) in [5.41, 5.74) is 9.11. The number of nitrogens with zero attached hydrogens (tertiary/aromatic N) is 3. The largest absolute Gasteiger partial charge is 0.456 e. The van der Waals surface area contributed by atoms with Crippen molar-refractivity contribution in [3.8, 4) is 22.8 Å². The molecule has 54 heavy (non-hydrogen) atoms. The van der Waals surface area contributed by atoms with Crippen molar-refractivity contribution in [3.63, 3.8) is 0 Å². The lowest BCUT2D eigenvalue weighted by atomic mass is 9.85. The fourth-order valence-electron chi connectivity index (χ4n) is 8.27. The molecule has 2 atom stereocenters. The predicted octanol–water partition coefficient (Wildman–Crippen LogP) is 12.5. The standard InChI is InChI=1S/C49H33N3O2/c1-2-10-30(11-3-1)32-18-21-33(22-19-32)47-50-48(36-23-20-31-12-4-5-13-34(31)26-36)52-49(51-47)41-28-37(29-45-46(41)39-15-7-9-17-43(39)54-45)35-24-25-44-40(27-35)38-14-6-8-16-42(38)53-44/h1-18,20-26,28-29,32,35H,19,27H2. The maximum Gasteiger partial charge on any atom is 0.164 e. The maximum atomic E-state index is 6.60. The third-order valence-corrected chi connectivity index (χ3v) is 11.0. The average molecular weight is 696 g/mol. The van der Waals surface area contributed by atoms with E-state index in [1.807, 2.05) is 24.3 Å². The monoisotopic (exact) mass is 695 g/mol. The highest BCUT2D eigenvalue weighted by Crippen LogP contribution is 2.42. The summed E-state index contributed by atoms with van der Waals surface area (Å²) in [6.07, 6.45) is 12.8. The number of benzene rings is 6. The maximum absolute atomic E-state index is 6.60. The molecule has 5 nitrogen and oxygen atoms in total. The lowest BCUT2D eigenvalue weighted by Crippen LogP contribution is -2.07. The molecular formula is C49H33N3O2. The molecule has 2 aliphatic rings. The zero-order valence-electron chi connectivity index (χ0n) is 29.3. The van der Waals surface area contributed by atoms with E-state index in [0.717, 1.165) is 79.2 Å². The highest BCUT2D eigenvalue weighted by Gasteiger charge is 2.25. The van der Waals surface area contributed by atoms with E-state index < -0.39 is 0 Å². The predicted molar refractivity (Wildman–Crippen MR) is 218 cm³/mol. The van der Waals surface area contributed by atoms with Crippen LogP contribution in [0.3, 0.4) is 0 Å². The summed E-state index contributed by atoms with van der Waals surface area (Å²) in [7, 11) is 0. The average Bonchev–Trinajstić information content (AvgIpc) is 3.81. The van der Waals surface area contributed by atoms with Crippen LogP contribution in [-0.2, 0) is 6.42 Å². The van der Waals surface area contributed by atoms with Gasteiger partial charge in [-0.15, -0.1) is 0 Å². The Morgan fingerprint density at radius 3 is 2.09 bits per heavy atom. The van der Waals surface area contributed by atoms with Crippen LogP contribution in [0.2, 0.25) is 0 Å². The Morgan fingerprint density at radius 1 is 0.519 bits per heavy atom. The van der Waals surface area contributed by atoms with Crippen LogP contribution in [-0.4, -0.2) is 15.0 Å². The third kappa shape index (κ3) is 5.20.